The van der Waals surface area contributed by atoms with Crippen molar-refractivity contribution in [3.8, 4) is 0 Å². The summed E-state index contributed by atoms with van der Waals surface area (Å²) in [6.45, 7) is 1.14. The Balaban J connectivity index is 2.02. The number of carbonyl (C=O) groups excluding carboxylic acids is 3. The predicted octanol–water partition coefficient (Wildman–Crippen LogP) is 1.95. The van der Waals surface area contributed by atoms with E-state index < -0.39 is 64.1 Å². The lowest BCUT2D eigenvalue weighted by Gasteiger charge is -2.34. The number of halogens is 4. The van der Waals surface area contributed by atoms with Crippen molar-refractivity contribution in [3.05, 3.63) is 35.4 Å². The van der Waals surface area contributed by atoms with E-state index in [1.165, 1.54) is 31.2 Å². The highest BCUT2D eigenvalue weighted by molar-refractivity contribution is 7.87. The standard InChI is InChI=1S/C17H15F4NO7S/c1-2-28-15(25)16(22-13(23)9-5-3-4-6-10(9)14(22)24)7-11(18)12(8-16)29-30(26,27)17(19,20)21/h3-6,11-12H,2,7-8H2,1H3. The van der Waals surface area contributed by atoms with Crippen LogP contribution in [0.2, 0.25) is 0 Å². The van der Waals surface area contributed by atoms with E-state index in [9.17, 15) is 40.4 Å². The zero-order valence-corrected chi connectivity index (χ0v) is 16.1. The Hall–Kier alpha value is -2.54. The summed E-state index contributed by atoms with van der Waals surface area (Å²) in [5.41, 5.74) is -8.37. The molecule has 0 saturated heterocycles. The number of esters is 1. The molecule has 1 aliphatic carbocycles. The molecule has 0 aromatic heterocycles. The molecule has 1 saturated carbocycles. The number of ether oxygens (including phenoxy) is 1. The van der Waals surface area contributed by atoms with Gasteiger partial charge in [0.05, 0.1) is 17.7 Å². The molecule has 8 nitrogen and oxygen atoms in total. The quantitative estimate of drug-likeness (QED) is 0.221. The van der Waals surface area contributed by atoms with Crippen molar-refractivity contribution in [1.29, 1.82) is 0 Å². The van der Waals surface area contributed by atoms with Gasteiger partial charge in [0, 0.05) is 12.8 Å². The molecule has 1 heterocycles. The van der Waals surface area contributed by atoms with Crippen molar-refractivity contribution < 1.29 is 49.3 Å². The molecule has 0 radical (unpaired) electrons. The molecule has 13 heteroatoms. The first-order valence-corrected chi connectivity index (χ1v) is 10.1. The minimum Gasteiger partial charge on any atom is -0.464 e. The van der Waals surface area contributed by atoms with Crippen LogP contribution in [0, 0.1) is 0 Å². The highest BCUT2D eigenvalue weighted by Crippen LogP contribution is 2.45. The van der Waals surface area contributed by atoms with E-state index in [2.05, 4.69) is 4.18 Å². The van der Waals surface area contributed by atoms with E-state index in [-0.39, 0.29) is 17.7 Å². The number of hydrogen-bond donors (Lipinski definition) is 0. The highest BCUT2D eigenvalue weighted by atomic mass is 32.2. The van der Waals surface area contributed by atoms with Crippen molar-refractivity contribution in [2.75, 3.05) is 6.61 Å². The number of rotatable bonds is 5. The van der Waals surface area contributed by atoms with Crippen molar-refractivity contribution in [3.63, 3.8) is 0 Å². The van der Waals surface area contributed by atoms with Crippen LogP contribution in [0.3, 0.4) is 0 Å². The Morgan fingerprint density at radius 3 is 2.17 bits per heavy atom. The molecular formula is C17H15F4NO7S. The fourth-order valence-corrected chi connectivity index (χ4v) is 4.22. The van der Waals surface area contributed by atoms with Crippen molar-refractivity contribution in [1.82, 2.24) is 4.90 Å². The van der Waals surface area contributed by atoms with Crippen LogP contribution >= 0.6 is 0 Å². The van der Waals surface area contributed by atoms with Crippen LogP contribution in [0.5, 0.6) is 0 Å². The van der Waals surface area contributed by atoms with Crippen molar-refractivity contribution in [2.45, 2.75) is 43.1 Å². The summed E-state index contributed by atoms with van der Waals surface area (Å²) in [5, 5.41) is 0. The van der Waals surface area contributed by atoms with Gasteiger partial charge in [-0.1, -0.05) is 12.1 Å². The molecule has 2 amide bonds. The Morgan fingerprint density at radius 1 is 1.17 bits per heavy atom. The van der Waals surface area contributed by atoms with Gasteiger partial charge in [-0.15, -0.1) is 0 Å². The van der Waals surface area contributed by atoms with E-state index >= 15 is 0 Å². The topological polar surface area (TPSA) is 107 Å². The summed E-state index contributed by atoms with van der Waals surface area (Å²) in [7, 11) is -6.19. The molecule has 3 rings (SSSR count). The van der Waals surface area contributed by atoms with E-state index in [1.54, 1.807) is 0 Å². The molecule has 164 valence electrons. The maximum atomic E-state index is 14.6. The number of imide groups is 1. The van der Waals surface area contributed by atoms with Gasteiger partial charge in [0.25, 0.3) is 11.8 Å². The fourth-order valence-electron chi connectivity index (χ4n) is 3.59. The first kappa shape index (κ1) is 22.2. The Kier molecular flexibility index (Phi) is 5.39. The summed E-state index contributed by atoms with van der Waals surface area (Å²) in [6, 6.07) is 5.47. The average molecular weight is 453 g/mol. The fraction of sp³-hybridized carbons (Fsp3) is 0.471. The molecule has 1 aliphatic heterocycles. The lowest BCUT2D eigenvalue weighted by molar-refractivity contribution is -0.155. The van der Waals surface area contributed by atoms with Gasteiger partial charge < -0.3 is 4.74 Å². The van der Waals surface area contributed by atoms with Gasteiger partial charge in [-0.3, -0.25) is 18.7 Å². The molecule has 1 fully saturated rings. The summed E-state index contributed by atoms with van der Waals surface area (Å²) in [5.74, 6) is -3.21. The number of alkyl halides is 4. The first-order valence-electron chi connectivity index (χ1n) is 8.64. The van der Waals surface area contributed by atoms with Crippen LogP contribution in [-0.4, -0.2) is 61.0 Å². The minimum atomic E-state index is -6.19. The van der Waals surface area contributed by atoms with E-state index in [1.807, 2.05) is 0 Å². The molecule has 1 aromatic carbocycles. The zero-order chi connectivity index (χ0) is 22.5. The molecular weight excluding hydrogens is 438 g/mol. The smallest absolute Gasteiger partial charge is 0.464 e. The summed E-state index contributed by atoms with van der Waals surface area (Å²) in [6.07, 6.45) is -6.66. The van der Waals surface area contributed by atoms with Crippen LogP contribution in [0.15, 0.2) is 24.3 Å². The van der Waals surface area contributed by atoms with Crippen molar-refractivity contribution in [2.24, 2.45) is 0 Å². The summed E-state index contributed by atoms with van der Waals surface area (Å²) >= 11 is 0. The average Bonchev–Trinajstić information content (AvgIpc) is 3.10. The van der Waals surface area contributed by atoms with E-state index in [4.69, 9.17) is 4.74 Å². The van der Waals surface area contributed by atoms with Gasteiger partial charge in [0.1, 0.15) is 12.3 Å². The maximum absolute atomic E-state index is 14.6. The number of hydrogen-bond acceptors (Lipinski definition) is 7. The number of nitrogens with zero attached hydrogens (tertiary/aromatic N) is 1. The molecule has 0 bridgehead atoms. The number of carbonyl (C=O) groups is 3. The van der Waals surface area contributed by atoms with Crippen LogP contribution < -0.4 is 0 Å². The minimum absolute atomic E-state index is 0.0890. The number of benzene rings is 1. The molecule has 2 aliphatic rings. The first-order chi connectivity index (χ1) is 13.9. The van der Waals surface area contributed by atoms with Crippen LogP contribution in [-0.2, 0) is 23.8 Å². The number of amides is 2. The van der Waals surface area contributed by atoms with Crippen LogP contribution in [0.1, 0.15) is 40.5 Å². The molecule has 1 aromatic rings. The molecule has 0 N–H and O–H groups in total. The van der Waals surface area contributed by atoms with Gasteiger partial charge in [-0.25, -0.2) is 9.18 Å². The summed E-state index contributed by atoms with van der Waals surface area (Å²) in [4.78, 5) is 38.7. The number of fused-ring (bicyclic) bond motifs is 1. The van der Waals surface area contributed by atoms with Crippen LogP contribution in [0.25, 0.3) is 0 Å². The van der Waals surface area contributed by atoms with E-state index in [0.29, 0.717) is 4.90 Å². The summed E-state index contributed by atoms with van der Waals surface area (Å²) < 4.78 is 84.0. The van der Waals surface area contributed by atoms with Crippen LogP contribution in [0.4, 0.5) is 17.6 Å². The lowest BCUT2D eigenvalue weighted by Crippen LogP contribution is -2.56. The van der Waals surface area contributed by atoms with Gasteiger partial charge in [-0.05, 0) is 19.1 Å². The molecule has 3 unspecified atom stereocenters. The third-order valence-electron chi connectivity index (χ3n) is 4.89. The SMILES string of the molecule is CCOC(=O)C1(N2C(=O)c3ccccc3C2=O)CC(F)C(OS(=O)(=O)C(F)(F)F)C1. The monoisotopic (exact) mass is 453 g/mol. The highest BCUT2D eigenvalue weighted by Gasteiger charge is 2.63. The predicted molar refractivity (Wildman–Crippen MR) is 90.3 cm³/mol. The van der Waals surface area contributed by atoms with Gasteiger partial charge >= 0.3 is 21.6 Å². The zero-order valence-electron chi connectivity index (χ0n) is 15.3. The third-order valence-corrected chi connectivity index (χ3v) is 5.95. The van der Waals surface area contributed by atoms with Gasteiger partial charge in [-0.2, -0.15) is 21.6 Å². The second kappa shape index (κ2) is 7.30. The molecule has 0 spiro atoms. The molecule has 30 heavy (non-hydrogen) atoms. The Bertz CT molecular complexity index is 975. The van der Waals surface area contributed by atoms with Gasteiger partial charge in [0.15, 0.2) is 5.54 Å². The Morgan fingerprint density at radius 2 is 1.70 bits per heavy atom. The third kappa shape index (κ3) is 3.35. The van der Waals surface area contributed by atoms with E-state index in [0.717, 1.165) is 0 Å². The van der Waals surface area contributed by atoms with Gasteiger partial charge in [0.2, 0.25) is 0 Å². The maximum Gasteiger partial charge on any atom is 0.523 e. The molecule has 3 atom stereocenters. The normalized spacial score (nSPS) is 26.8. The second-order valence-electron chi connectivity index (χ2n) is 6.70. The lowest BCUT2D eigenvalue weighted by atomic mass is 9.94. The Labute approximate surface area is 167 Å². The largest absolute Gasteiger partial charge is 0.523 e. The second-order valence-corrected chi connectivity index (χ2v) is 8.27. The van der Waals surface area contributed by atoms with Crippen molar-refractivity contribution >= 4 is 27.9 Å².